The van der Waals surface area contributed by atoms with Crippen LogP contribution in [0.3, 0.4) is 0 Å². The molecule has 0 radical (unpaired) electrons. The summed E-state index contributed by atoms with van der Waals surface area (Å²) in [6.45, 7) is 0. The molecule has 3 heterocycles. The fourth-order valence-electron chi connectivity index (χ4n) is 2.22. The fraction of sp³-hybridized carbons (Fsp3) is 0. The average molecular weight is 305 g/mol. The second-order valence-electron chi connectivity index (χ2n) is 4.82. The Morgan fingerprint density at radius 1 is 1.04 bits per heavy atom. The summed E-state index contributed by atoms with van der Waals surface area (Å²) in [4.78, 5) is 4.28. The van der Waals surface area contributed by atoms with Crippen LogP contribution in [0.25, 0.3) is 28.7 Å². The number of nitrogens with zero attached hydrogens (tertiary/aromatic N) is 5. The van der Waals surface area contributed by atoms with E-state index in [9.17, 15) is 5.11 Å². The van der Waals surface area contributed by atoms with Gasteiger partial charge in [-0.2, -0.15) is 10.1 Å². The molecule has 0 fully saturated rings. The van der Waals surface area contributed by atoms with Gasteiger partial charge in [0.2, 0.25) is 5.82 Å². The van der Waals surface area contributed by atoms with Crippen molar-refractivity contribution >= 4 is 0 Å². The number of hydrogen-bond donors (Lipinski definition) is 1. The summed E-state index contributed by atoms with van der Waals surface area (Å²) in [6.07, 6.45) is 5.39. The molecule has 0 aliphatic rings. The maximum atomic E-state index is 10.1. The molecular weight excluding hydrogens is 294 g/mol. The molecule has 0 saturated carbocycles. The molecule has 0 aliphatic heterocycles. The second-order valence-corrected chi connectivity index (χ2v) is 4.82. The number of phenols is 1. The molecule has 0 aliphatic carbocycles. The van der Waals surface area contributed by atoms with Crippen molar-refractivity contribution in [2.75, 3.05) is 0 Å². The summed E-state index contributed by atoms with van der Waals surface area (Å²) in [5.74, 6) is 0.603. The minimum atomic E-state index is 0.0650. The number of aromatic hydroxyl groups is 1. The van der Waals surface area contributed by atoms with E-state index in [2.05, 4.69) is 20.3 Å². The van der Waals surface area contributed by atoms with Crippen molar-refractivity contribution in [3.05, 3.63) is 61.1 Å². The largest absolute Gasteiger partial charge is 0.507 e. The lowest BCUT2D eigenvalue weighted by atomic mass is 10.1. The van der Waals surface area contributed by atoms with E-state index >= 15 is 0 Å². The van der Waals surface area contributed by atoms with Gasteiger partial charge in [0.25, 0.3) is 5.89 Å². The van der Waals surface area contributed by atoms with E-state index in [1.54, 1.807) is 36.5 Å². The van der Waals surface area contributed by atoms with Crippen molar-refractivity contribution < 1.29 is 9.63 Å². The molecular formula is C16H11N5O2. The van der Waals surface area contributed by atoms with Crippen LogP contribution in [-0.2, 0) is 0 Å². The summed E-state index contributed by atoms with van der Waals surface area (Å²) in [7, 11) is 0. The quantitative estimate of drug-likeness (QED) is 0.626. The first-order valence-electron chi connectivity index (χ1n) is 6.90. The van der Waals surface area contributed by atoms with Gasteiger partial charge in [-0.1, -0.05) is 5.16 Å². The molecule has 7 nitrogen and oxygen atoms in total. The average Bonchev–Trinajstić information content (AvgIpc) is 3.28. The zero-order valence-corrected chi connectivity index (χ0v) is 11.9. The summed E-state index contributed by atoms with van der Waals surface area (Å²) in [6, 6.07) is 12.5. The van der Waals surface area contributed by atoms with Gasteiger partial charge < -0.3 is 14.2 Å². The van der Waals surface area contributed by atoms with E-state index in [1.165, 1.54) is 0 Å². The lowest BCUT2D eigenvalue weighted by Gasteiger charge is -2.05. The molecule has 23 heavy (non-hydrogen) atoms. The lowest BCUT2D eigenvalue weighted by molar-refractivity contribution is 0.425. The van der Waals surface area contributed by atoms with Crippen LogP contribution < -0.4 is 0 Å². The van der Waals surface area contributed by atoms with Crippen molar-refractivity contribution in [2.45, 2.75) is 0 Å². The third kappa shape index (κ3) is 2.44. The highest BCUT2D eigenvalue weighted by molar-refractivity contribution is 5.67. The Labute approximate surface area is 130 Å². The first-order valence-corrected chi connectivity index (χ1v) is 6.90. The molecule has 0 unspecified atom stereocenters. The standard InChI is InChI=1S/C16H11N5O2/c22-14-6-5-11(21-8-1-2-9-21)10-12(14)16-18-15(20-23-16)13-4-3-7-17-19-13/h1-10,22H. The van der Waals surface area contributed by atoms with Crippen molar-refractivity contribution in [3.63, 3.8) is 0 Å². The molecule has 0 amide bonds. The maximum absolute atomic E-state index is 10.1. The zero-order chi connectivity index (χ0) is 15.6. The summed E-state index contributed by atoms with van der Waals surface area (Å²) in [5, 5.41) is 21.7. The summed E-state index contributed by atoms with van der Waals surface area (Å²) >= 11 is 0. The first-order chi connectivity index (χ1) is 11.3. The van der Waals surface area contributed by atoms with E-state index in [0.717, 1.165) is 5.69 Å². The Kier molecular flexibility index (Phi) is 3.09. The Morgan fingerprint density at radius 3 is 2.70 bits per heavy atom. The van der Waals surface area contributed by atoms with Crippen LogP contribution in [0, 0.1) is 0 Å². The van der Waals surface area contributed by atoms with Crippen molar-refractivity contribution in [1.29, 1.82) is 0 Å². The number of rotatable bonds is 3. The highest BCUT2D eigenvalue weighted by atomic mass is 16.5. The van der Waals surface area contributed by atoms with Crippen molar-refractivity contribution in [1.82, 2.24) is 24.9 Å². The predicted octanol–water partition coefficient (Wildman–Crippen LogP) is 2.69. The molecule has 1 aromatic carbocycles. The number of benzene rings is 1. The summed E-state index contributed by atoms with van der Waals surface area (Å²) in [5.41, 5.74) is 1.84. The highest BCUT2D eigenvalue weighted by Gasteiger charge is 2.15. The van der Waals surface area contributed by atoms with Crippen molar-refractivity contribution in [3.8, 4) is 34.4 Å². The third-order valence-corrected chi connectivity index (χ3v) is 3.34. The highest BCUT2D eigenvalue weighted by Crippen LogP contribution is 2.31. The van der Waals surface area contributed by atoms with E-state index in [1.807, 2.05) is 29.1 Å². The molecule has 0 atom stereocenters. The van der Waals surface area contributed by atoms with Crippen LogP contribution in [0.15, 0.2) is 65.6 Å². The van der Waals surface area contributed by atoms with Gasteiger partial charge in [0, 0.05) is 24.3 Å². The SMILES string of the molecule is Oc1ccc(-n2cccc2)cc1-c1nc(-c2cccnn2)no1. The van der Waals surface area contributed by atoms with E-state index < -0.39 is 0 Å². The Hall–Kier alpha value is -3.48. The van der Waals surface area contributed by atoms with Gasteiger partial charge in [-0.15, -0.1) is 5.10 Å². The van der Waals surface area contributed by atoms with Crippen LogP contribution in [0.1, 0.15) is 0 Å². The number of phenolic OH excluding ortho intramolecular Hbond substituents is 1. The molecule has 4 rings (SSSR count). The smallest absolute Gasteiger partial charge is 0.262 e. The van der Waals surface area contributed by atoms with Gasteiger partial charge >= 0.3 is 0 Å². The van der Waals surface area contributed by atoms with Crippen LogP contribution >= 0.6 is 0 Å². The van der Waals surface area contributed by atoms with Crippen molar-refractivity contribution in [2.24, 2.45) is 0 Å². The minimum absolute atomic E-state index is 0.0650. The molecule has 3 aromatic heterocycles. The molecule has 4 aromatic rings. The fourth-order valence-corrected chi connectivity index (χ4v) is 2.22. The third-order valence-electron chi connectivity index (χ3n) is 3.34. The topological polar surface area (TPSA) is 89.9 Å². The lowest BCUT2D eigenvalue weighted by Crippen LogP contribution is -1.91. The van der Waals surface area contributed by atoms with Gasteiger partial charge in [-0.3, -0.25) is 0 Å². The molecule has 112 valence electrons. The summed E-state index contributed by atoms with van der Waals surface area (Å²) < 4.78 is 7.18. The molecule has 7 heteroatoms. The number of aromatic nitrogens is 5. The van der Waals surface area contributed by atoms with Gasteiger partial charge in [0.15, 0.2) is 0 Å². The second kappa shape index (κ2) is 5.38. The molecule has 1 N–H and O–H groups in total. The Bertz CT molecular complexity index is 932. The minimum Gasteiger partial charge on any atom is -0.507 e. The van der Waals surface area contributed by atoms with E-state index in [4.69, 9.17) is 4.52 Å². The monoisotopic (exact) mass is 305 g/mol. The number of hydrogen-bond acceptors (Lipinski definition) is 6. The van der Waals surface area contributed by atoms with Crippen LogP contribution in [0.2, 0.25) is 0 Å². The molecule has 0 spiro atoms. The molecule has 0 bridgehead atoms. The zero-order valence-electron chi connectivity index (χ0n) is 11.9. The van der Waals surface area contributed by atoms with Gasteiger partial charge in [0.05, 0.1) is 5.56 Å². The van der Waals surface area contributed by atoms with Gasteiger partial charge in [-0.05, 0) is 42.5 Å². The normalized spacial score (nSPS) is 10.8. The predicted molar refractivity (Wildman–Crippen MR) is 81.8 cm³/mol. The van der Waals surface area contributed by atoms with Gasteiger partial charge in [0.1, 0.15) is 11.4 Å². The Morgan fingerprint density at radius 2 is 1.91 bits per heavy atom. The van der Waals surface area contributed by atoms with Crippen LogP contribution in [-0.4, -0.2) is 30.0 Å². The van der Waals surface area contributed by atoms with E-state index in [-0.39, 0.29) is 11.6 Å². The maximum Gasteiger partial charge on any atom is 0.262 e. The van der Waals surface area contributed by atoms with E-state index in [0.29, 0.717) is 17.1 Å². The van der Waals surface area contributed by atoms with Crippen LogP contribution in [0.4, 0.5) is 0 Å². The first kappa shape index (κ1) is 13.2. The molecule has 0 saturated heterocycles. The van der Waals surface area contributed by atoms with Gasteiger partial charge in [-0.25, -0.2) is 0 Å². The van der Waals surface area contributed by atoms with Crippen LogP contribution in [0.5, 0.6) is 5.75 Å². The Balaban J connectivity index is 1.76.